The van der Waals surface area contributed by atoms with E-state index in [1.165, 1.54) is 7.05 Å². The van der Waals surface area contributed by atoms with Crippen molar-refractivity contribution >= 4 is 6.09 Å². The van der Waals surface area contributed by atoms with Gasteiger partial charge in [0, 0.05) is 13.1 Å². The molecule has 0 saturated heterocycles. The monoisotopic (exact) mass is 208 g/mol. The Labute approximate surface area is 89.4 Å². The van der Waals surface area contributed by atoms with Crippen molar-refractivity contribution in [3.63, 3.8) is 0 Å². The molecule has 0 unspecified atom stereocenters. The first-order valence-corrected chi connectivity index (χ1v) is 4.86. The van der Waals surface area contributed by atoms with Gasteiger partial charge in [0.2, 0.25) is 0 Å². The summed E-state index contributed by atoms with van der Waals surface area (Å²) in [7, 11) is 1.52. The van der Waals surface area contributed by atoms with Crippen LogP contribution in [0, 0.1) is 0 Å². The van der Waals surface area contributed by atoms with Gasteiger partial charge >= 0.3 is 6.09 Å². The first kappa shape index (κ1) is 11.5. The number of hydrogen-bond acceptors (Lipinski definition) is 3. The molecule has 4 heteroatoms. The van der Waals surface area contributed by atoms with Gasteiger partial charge < -0.3 is 15.8 Å². The highest BCUT2D eigenvalue weighted by Crippen LogP contribution is 2.01. The Morgan fingerprint density at radius 1 is 1.47 bits per heavy atom. The molecule has 0 aliphatic rings. The molecule has 0 aromatic heterocycles. The molecule has 1 rings (SSSR count). The number of amides is 1. The van der Waals surface area contributed by atoms with Crippen molar-refractivity contribution in [1.82, 2.24) is 5.32 Å². The quantitative estimate of drug-likeness (QED) is 0.773. The lowest BCUT2D eigenvalue weighted by Gasteiger charge is -2.11. The SMILES string of the molecule is CNC(=O)OC[C@H](N)Cc1ccccc1. The predicted octanol–water partition coefficient (Wildman–Crippen LogP) is 0.912. The molecule has 0 aliphatic heterocycles. The Kier molecular flexibility index (Phi) is 4.63. The second kappa shape index (κ2) is 6.03. The first-order valence-electron chi connectivity index (χ1n) is 4.86. The molecule has 0 saturated carbocycles. The largest absolute Gasteiger partial charge is 0.448 e. The van der Waals surface area contributed by atoms with Crippen molar-refractivity contribution in [1.29, 1.82) is 0 Å². The highest BCUT2D eigenvalue weighted by molar-refractivity contribution is 5.66. The molecular formula is C11H16N2O2. The lowest BCUT2D eigenvalue weighted by molar-refractivity contribution is 0.141. The summed E-state index contributed by atoms with van der Waals surface area (Å²) in [5.74, 6) is 0. The van der Waals surface area contributed by atoms with Crippen LogP contribution in [0.2, 0.25) is 0 Å². The zero-order valence-electron chi connectivity index (χ0n) is 8.77. The Morgan fingerprint density at radius 2 is 2.13 bits per heavy atom. The third-order valence-corrected chi connectivity index (χ3v) is 1.97. The summed E-state index contributed by atoms with van der Waals surface area (Å²) >= 11 is 0. The Balaban J connectivity index is 2.30. The molecule has 4 nitrogen and oxygen atoms in total. The van der Waals surface area contributed by atoms with Crippen molar-refractivity contribution in [3.05, 3.63) is 35.9 Å². The molecule has 0 spiro atoms. The fourth-order valence-corrected chi connectivity index (χ4v) is 1.23. The van der Waals surface area contributed by atoms with Crippen LogP contribution in [-0.2, 0) is 11.2 Å². The van der Waals surface area contributed by atoms with E-state index in [-0.39, 0.29) is 12.6 Å². The Hall–Kier alpha value is -1.55. The van der Waals surface area contributed by atoms with Gasteiger partial charge in [0.05, 0.1) is 0 Å². The topological polar surface area (TPSA) is 64.3 Å². The standard InChI is InChI=1S/C11H16N2O2/c1-13-11(14)15-8-10(12)7-9-5-3-2-4-6-9/h2-6,10H,7-8,12H2,1H3,(H,13,14)/t10-/m1/s1. The molecule has 1 amide bonds. The summed E-state index contributed by atoms with van der Waals surface area (Å²) in [4.78, 5) is 10.8. The van der Waals surface area contributed by atoms with Gasteiger partial charge in [0.25, 0.3) is 0 Å². The van der Waals surface area contributed by atoms with Crippen LogP contribution in [0.4, 0.5) is 4.79 Å². The number of nitrogens with two attached hydrogens (primary N) is 1. The normalized spacial score (nSPS) is 11.9. The van der Waals surface area contributed by atoms with Crippen molar-refractivity contribution in [2.75, 3.05) is 13.7 Å². The summed E-state index contributed by atoms with van der Waals surface area (Å²) < 4.78 is 4.85. The predicted molar refractivity (Wildman–Crippen MR) is 58.5 cm³/mol. The van der Waals surface area contributed by atoms with Gasteiger partial charge in [-0.3, -0.25) is 0 Å². The minimum Gasteiger partial charge on any atom is -0.448 e. The van der Waals surface area contributed by atoms with Crippen molar-refractivity contribution in [2.24, 2.45) is 5.73 Å². The van der Waals surface area contributed by atoms with Crippen LogP contribution in [0.1, 0.15) is 5.56 Å². The Morgan fingerprint density at radius 3 is 2.73 bits per heavy atom. The van der Waals surface area contributed by atoms with E-state index in [0.717, 1.165) is 5.56 Å². The number of hydrogen-bond donors (Lipinski definition) is 2. The maximum absolute atomic E-state index is 10.8. The highest BCUT2D eigenvalue weighted by Gasteiger charge is 2.06. The lowest BCUT2D eigenvalue weighted by atomic mass is 10.1. The van der Waals surface area contributed by atoms with Crippen molar-refractivity contribution < 1.29 is 9.53 Å². The lowest BCUT2D eigenvalue weighted by Crippen LogP contribution is -2.32. The fourth-order valence-electron chi connectivity index (χ4n) is 1.23. The van der Waals surface area contributed by atoms with Gasteiger partial charge in [-0.1, -0.05) is 30.3 Å². The van der Waals surface area contributed by atoms with Crippen LogP contribution in [0.5, 0.6) is 0 Å². The summed E-state index contributed by atoms with van der Waals surface area (Å²) in [6.45, 7) is 0.231. The Bertz CT molecular complexity index is 301. The summed E-state index contributed by atoms with van der Waals surface area (Å²) in [5.41, 5.74) is 6.95. The van der Waals surface area contributed by atoms with E-state index >= 15 is 0 Å². The number of ether oxygens (including phenoxy) is 1. The van der Waals surface area contributed by atoms with Gasteiger partial charge in [-0.2, -0.15) is 0 Å². The van der Waals surface area contributed by atoms with E-state index in [2.05, 4.69) is 5.32 Å². The molecule has 1 aromatic carbocycles. The van der Waals surface area contributed by atoms with Crippen LogP contribution >= 0.6 is 0 Å². The van der Waals surface area contributed by atoms with E-state index in [1.807, 2.05) is 30.3 Å². The average molecular weight is 208 g/mol. The van der Waals surface area contributed by atoms with Gasteiger partial charge in [0.1, 0.15) is 6.61 Å². The van der Waals surface area contributed by atoms with Gasteiger partial charge in [0.15, 0.2) is 0 Å². The second-order valence-electron chi connectivity index (χ2n) is 3.30. The maximum atomic E-state index is 10.8. The third-order valence-electron chi connectivity index (χ3n) is 1.97. The highest BCUT2D eigenvalue weighted by atomic mass is 16.5. The summed E-state index contributed by atoms with van der Waals surface area (Å²) in [5, 5.41) is 2.37. The molecule has 0 heterocycles. The molecule has 1 aromatic rings. The van der Waals surface area contributed by atoms with Crippen LogP contribution in [-0.4, -0.2) is 25.8 Å². The van der Waals surface area contributed by atoms with E-state index < -0.39 is 6.09 Å². The number of benzene rings is 1. The number of carbonyl (C=O) groups is 1. The summed E-state index contributed by atoms with van der Waals surface area (Å²) in [6, 6.07) is 9.71. The first-order chi connectivity index (χ1) is 7.22. The smallest absolute Gasteiger partial charge is 0.406 e. The van der Waals surface area contributed by atoms with E-state index in [9.17, 15) is 4.79 Å². The third kappa shape index (κ3) is 4.46. The van der Waals surface area contributed by atoms with Crippen LogP contribution in [0.3, 0.4) is 0 Å². The molecule has 0 bridgehead atoms. The van der Waals surface area contributed by atoms with E-state index in [4.69, 9.17) is 10.5 Å². The van der Waals surface area contributed by atoms with Crippen LogP contribution < -0.4 is 11.1 Å². The molecule has 0 radical (unpaired) electrons. The van der Waals surface area contributed by atoms with Gasteiger partial charge in [-0.25, -0.2) is 4.79 Å². The van der Waals surface area contributed by atoms with E-state index in [0.29, 0.717) is 6.42 Å². The van der Waals surface area contributed by atoms with Crippen molar-refractivity contribution in [3.8, 4) is 0 Å². The van der Waals surface area contributed by atoms with Gasteiger partial charge in [-0.05, 0) is 12.0 Å². The number of alkyl carbamates (subject to hydrolysis) is 1. The molecule has 1 atom stereocenters. The van der Waals surface area contributed by atoms with Gasteiger partial charge in [-0.15, -0.1) is 0 Å². The minimum absolute atomic E-state index is 0.162. The van der Waals surface area contributed by atoms with Crippen LogP contribution in [0.15, 0.2) is 30.3 Å². The summed E-state index contributed by atoms with van der Waals surface area (Å²) in [6.07, 6.45) is 0.260. The number of nitrogens with one attached hydrogen (secondary N) is 1. The maximum Gasteiger partial charge on any atom is 0.406 e. The molecule has 0 fully saturated rings. The zero-order valence-corrected chi connectivity index (χ0v) is 8.77. The molecule has 82 valence electrons. The minimum atomic E-state index is -0.446. The van der Waals surface area contributed by atoms with Crippen LogP contribution in [0.25, 0.3) is 0 Å². The second-order valence-corrected chi connectivity index (χ2v) is 3.30. The molecule has 0 aliphatic carbocycles. The molecular weight excluding hydrogens is 192 g/mol. The van der Waals surface area contributed by atoms with Crippen molar-refractivity contribution in [2.45, 2.75) is 12.5 Å². The zero-order chi connectivity index (χ0) is 11.1. The number of rotatable bonds is 4. The molecule has 15 heavy (non-hydrogen) atoms. The van der Waals surface area contributed by atoms with E-state index in [1.54, 1.807) is 0 Å². The molecule has 3 N–H and O–H groups in total. The average Bonchev–Trinajstić information content (AvgIpc) is 2.27. The number of carbonyl (C=O) groups excluding carboxylic acids is 1. The fraction of sp³-hybridized carbons (Fsp3) is 0.364.